The van der Waals surface area contributed by atoms with Crippen molar-refractivity contribution < 1.29 is 46.6 Å². The van der Waals surface area contributed by atoms with Gasteiger partial charge >= 0.3 is 22.4 Å². The van der Waals surface area contributed by atoms with Gasteiger partial charge < -0.3 is 19.6 Å². The Labute approximate surface area is 261 Å². The molecule has 0 aliphatic heterocycles. The molecule has 0 saturated carbocycles. The van der Waals surface area contributed by atoms with Crippen molar-refractivity contribution in [2.75, 3.05) is 5.34 Å². The van der Waals surface area contributed by atoms with Gasteiger partial charge in [0.05, 0.1) is 5.34 Å². The van der Waals surface area contributed by atoms with Gasteiger partial charge in [0.25, 0.3) is 0 Å². The van der Waals surface area contributed by atoms with Crippen molar-refractivity contribution in [3.05, 3.63) is 114 Å². The minimum absolute atomic E-state index is 0. The topological polar surface area (TPSA) is 102 Å². The number of halogens is 2. The number of ketones is 2. The molecule has 0 fully saturated rings. The Kier molecular flexibility index (Phi) is 16.7. The van der Waals surface area contributed by atoms with E-state index < -0.39 is 14.2 Å². The largest absolute Gasteiger partial charge is 3.00 e. The number of nitrogens with zero attached hydrogens (tertiary/aromatic N) is 1. The van der Waals surface area contributed by atoms with Crippen molar-refractivity contribution in [3.8, 4) is 11.3 Å². The maximum atomic E-state index is 12.0. The summed E-state index contributed by atoms with van der Waals surface area (Å²) in [6.07, 6.45) is 1.79. The van der Waals surface area contributed by atoms with Gasteiger partial charge in [-0.15, -0.1) is 58.6 Å². The number of Topliss-reactive ketones (excluding diaryl/α,β-unsaturated/α-hetero) is 2. The van der Waals surface area contributed by atoms with E-state index in [1.807, 2.05) is 30.3 Å². The van der Waals surface area contributed by atoms with Crippen LogP contribution in [0.2, 0.25) is 0 Å². The van der Waals surface area contributed by atoms with Crippen molar-refractivity contribution in [2.45, 2.75) is 20.8 Å². The zero-order valence-electron chi connectivity index (χ0n) is 22.1. The Morgan fingerprint density at radius 1 is 0.825 bits per heavy atom. The molecule has 0 aliphatic carbocycles. The van der Waals surface area contributed by atoms with E-state index in [9.17, 15) is 19.6 Å². The molecule has 0 saturated heterocycles. The zero-order chi connectivity index (χ0) is 28.8. The van der Waals surface area contributed by atoms with E-state index >= 15 is 0 Å². The summed E-state index contributed by atoms with van der Waals surface area (Å²) < 4.78 is 4.94. The van der Waals surface area contributed by atoms with Gasteiger partial charge in [0.15, 0.2) is 25.8 Å². The number of carbonyl (C=O) groups is 2. The third-order valence-electron chi connectivity index (χ3n) is 5.34. The van der Waals surface area contributed by atoms with E-state index in [2.05, 4.69) is 24.0 Å². The molecule has 1 aromatic heterocycles. The summed E-state index contributed by atoms with van der Waals surface area (Å²) in [5.41, 5.74) is 4.76. The first-order valence-corrected chi connectivity index (χ1v) is 12.9. The molecule has 40 heavy (non-hydrogen) atoms. The fourth-order valence-corrected chi connectivity index (χ4v) is 3.20. The number of benzene rings is 3. The van der Waals surface area contributed by atoms with Crippen LogP contribution in [0.1, 0.15) is 40.1 Å². The van der Waals surface area contributed by atoms with E-state index in [0.29, 0.717) is 11.1 Å². The Morgan fingerprint density at radius 3 is 1.65 bits per heavy atom. The van der Waals surface area contributed by atoms with Crippen LogP contribution >= 0.6 is 23.2 Å². The summed E-state index contributed by atoms with van der Waals surface area (Å²) in [5.74, 6) is -0.209. The smallest absolute Gasteiger partial charge is 0.854 e. The van der Waals surface area contributed by atoms with E-state index in [1.54, 1.807) is 6.20 Å². The van der Waals surface area contributed by atoms with Gasteiger partial charge in [-0.1, -0.05) is 78.5 Å². The van der Waals surface area contributed by atoms with Gasteiger partial charge in [-0.2, -0.15) is 0 Å². The number of alkyl halides is 2. The van der Waals surface area contributed by atoms with Crippen molar-refractivity contribution in [1.29, 1.82) is 0 Å². The molecule has 1 heterocycles. The normalized spacial score (nSPS) is 9.57. The van der Waals surface area contributed by atoms with Gasteiger partial charge in [-0.25, -0.2) is 0 Å². The monoisotopic (exact) mass is 757 g/mol. The minimum atomic E-state index is -1.65. The zero-order valence-corrected chi connectivity index (χ0v) is 25.7. The molecule has 4 aromatic rings. The van der Waals surface area contributed by atoms with Crippen LogP contribution in [-0.2, 0) is 27.0 Å². The molecule has 0 spiro atoms. The van der Waals surface area contributed by atoms with E-state index in [-0.39, 0.29) is 50.2 Å². The molecule has 3 aromatic carbocycles. The average Bonchev–Trinajstić information content (AvgIpc) is 2.95. The summed E-state index contributed by atoms with van der Waals surface area (Å²) in [5, 5.41) is 24.2. The number of carbonyl (C=O) groups excluding carboxylic acids is 2. The third-order valence-corrected chi connectivity index (χ3v) is 5.34. The van der Waals surface area contributed by atoms with Crippen LogP contribution in [0, 0.1) is 13.0 Å². The van der Waals surface area contributed by atoms with Gasteiger partial charge in [0.2, 0.25) is 0 Å². The predicted molar refractivity (Wildman–Crippen MR) is 155 cm³/mol. The molecule has 0 unspecified atom stereocenters. The summed E-state index contributed by atoms with van der Waals surface area (Å²) in [4.78, 5) is 26.6. The van der Waals surface area contributed by atoms with Gasteiger partial charge in [-0.3, -0.25) is 9.59 Å². The van der Waals surface area contributed by atoms with Gasteiger partial charge in [-0.05, 0) is 25.6 Å². The van der Waals surface area contributed by atoms with Crippen LogP contribution in [-0.4, -0.2) is 36.1 Å². The van der Waals surface area contributed by atoms with E-state index in [4.69, 9.17) is 27.8 Å². The predicted octanol–water partition coefficient (Wildman–Crippen LogP) is 3.20. The number of hydrogen-bond donors (Lipinski definition) is 0. The van der Waals surface area contributed by atoms with Crippen LogP contribution in [0.5, 0.6) is 0 Å². The molecule has 208 valence electrons. The fourth-order valence-electron chi connectivity index (χ4n) is 3.20. The second kappa shape index (κ2) is 18.8. The fraction of sp³-hybridized carbons (Fsp3) is 0.138. The second-order valence-electron chi connectivity index (χ2n) is 8.25. The van der Waals surface area contributed by atoms with Crippen molar-refractivity contribution in [1.82, 2.24) is 4.98 Å². The molecular formula is C29H26AuB2Cl2NO5. The summed E-state index contributed by atoms with van der Waals surface area (Å²) in [6, 6.07) is 27.1. The first-order chi connectivity index (χ1) is 18.7. The average molecular weight is 758 g/mol. The van der Waals surface area contributed by atoms with Crippen LogP contribution in [0.15, 0.2) is 91.1 Å². The molecule has 0 radical (unpaired) electrons. The Bertz CT molecular complexity index is 1250. The minimum Gasteiger partial charge on any atom is -0.854 e. The molecule has 0 aliphatic rings. The van der Waals surface area contributed by atoms with E-state index in [1.165, 1.54) is 67.9 Å². The molecular weight excluding hydrogens is 732 g/mol. The Morgan fingerprint density at radius 2 is 1.30 bits per heavy atom. The molecule has 0 amide bonds. The number of hydrogen-bond acceptors (Lipinski definition) is 6. The van der Waals surface area contributed by atoms with Crippen LogP contribution in [0.3, 0.4) is 0 Å². The number of aromatic nitrogens is 1. The second-order valence-corrected chi connectivity index (χ2v) is 9.06. The van der Waals surface area contributed by atoms with Crippen molar-refractivity contribution in [3.63, 3.8) is 0 Å². The van der Waals surface area contributed by atoms with Crippen LogP contribution in [0.4, 0.5) is 0 Å². The first kappa shape index (κ1) is 35.5. The van der Waals surface area contributed by atoms with E-state index in [0.717, 1.165) is 11.3 Å². The van der Waals surface area contributed by atoms with Crippen molar-refractivity contribution in [2.24, 2.45) is 0 Å². The van der Waals surface area contributed by atoms with Gasteiger partial charge in [0.1, 0.15) is 0 Å². The number of aryl methyl sites for hydroxylation is 1. The van der Waals surface area contributed by atoms with Crippen LogP contribution in [0.25, 0.3) is 11.3 Å². The molecule has 0 bridgehead atoms. The van der Waals surface area contributed by atoms with Crippen LogP contribution < -0.4 is 21.0 Å². The summed E-state index contributed by atoms with van der Waals surface area (Å²) in [6.45, 7) is 4.91. The molecule has 0 N–H and O–H groups in total. The van der Waals surface area contributed by atoms with Crippen molar-refractivity contribution >= 4 is 59.9 Å². The Hall–Kier alpha value is -2.52. The SMILES string of the molecule is CC(=O)c1ccc(B([O-])OB([O-])c2ccc(C(C)=O)cc2)cc1.Cc1c[c-]c(-c2ccccn2)cc1.ClCCl.[Au+3]. The number of rotatable bonds is 7. The molecule has 11 heteroatoms. The molecule has 0 atom stereocenters. The molecule has 6 nitrogen and oxygen atoms in total. The first-order valence-electron chi connectivity index (χ1n) is 11.9. The van der Waals surface area contributed by atoms with Gasteiger partial charge in [0, 0.05) is 17.3 Å². The Balaban J connectivity index is 0.000000397. The standard InChI is InChI=1S/C16H14B2O5.C12H10N.CH2Cl2.Au/c1-11(19)13-3-7-15(8-4-13)17(21)23-18(22)16-9-5-14(6-10-16)12(2)20;1-10-5-7-11(8-6-10)12-4-2-3-9-13-12;2-1-3;/h3-10H,1-2H3;2-7,9H,1H3;1H2;/q-2;-1;;+3. The maximum Gasteiger partial charge on any atom is 3.00 e. The number of pyridine rings is 1. The third kappa shape index (κ3) is 11.9. The maximum absolute atomic E-state index is 12.0. The quantitative estimate of drug-likeness (QED) is 0.124. The summed E-state index contributed by atoms with van der Waals surface area (Å²) in [7, 11) is -3.29. The summed E-state index contributed by atoms with van der Waals surface area (Å²) >= 11 is 9.53. The molecule has 4 rings (SSSR count).